The van der Waals surface area contributed by atoms with E-state index in [2.05, 4.69) is 32.2 Å². The van der Waals surface area contributed by atoms with Crippen molar-refractivity contribution < 1.29 is 19.1 Å². The maximum atomic E-state index is 13.1. The molecule has 0 bridgehead atoms. The van der Waals surface area contributed by atoms with E-state index in [9.17, 15) is 9.59 Å². The zero-order valence-electron chi connectivity index (χ0n) is 23.6. The number of anilines is 2. The standard InChI is InChI=1S/C30H37N7O4/c1-4-35(21-25(19-23-11-7-5-8-12-23)36(29(38)40-2)27-15-17-31-33-27)22-26(20-24-13-9-6-10-14-24)37(30(39)41-3)28-16-18-32-34-28/h5-18,25-26H,4,19-22H2,1-3H3,(H,31,33)(H,32,34)/t25-,26-/m0/s1. The number of amides is 2. The van der Waals surface area contributed by atoms with Gasteiger partial charge in [-0.2, -0.15) is 10.2 Å². The molecule has 0 radical (unpaired) electrons. The lowest BCUT2D eigenvalue weighted by atomic mass is 10.0. The second kappa shape index (κ2) is 14.7. The molecule has 0 aliphatic rings. The zero-order valence-corrected chi connectivity index (χ0v) is 23.6. The molecule has 11 heteroatoms. The fraction of sp³-hybridized carbons (Fsp3) is 0.333. The van der Waals surface area contributed by atoms with Crippen LogP contribution in [0.1, 0.15) is 18.1 Å². The molecule has 2 aromatic carbocycles. The highest BCUT2D eigenvalue weighted by atomic mass is 16.5. The number of hydrogen-bond acceptors (Lipinski definition) is 7. The minimum absolute atomic E-state index is 0.304. The van der Waals surface area contributed by atoms with Crippen molar-refractivity contribution in [2.24, 2.45) is 0 Å². The molecule has 41 heavy (non-hydrogen) atoms. The zero-order chi connectivity index (χ0) is 29.0. The van der Waals surface area contributed by atoms with Crippen molar-refractivity contribution in [2.75, 3.05) is 43.7 Å². The number of ether oxygens (including phenoxy) is 2. The number of likely N-dealkylation sites (N-methyl/N-ethyl adjacent to an activating group) is 1. The molecule has 0 unspecified atom stereocenters. The Labute approximate surface area is 240 Å². The SMILES string of the molecule is CCN(C[C@H](Cc1ccccc1)N(C(=O)OC)c1ccn[nH]1)C[C@H](Cc1ccccc1)N(C(=O)OC)c1ccn[nH]1. The Hall–Kier alpha value is -4.64. The van der Waals surface area contributed by atoms with E-state index in [4.69, 9.17) is 9.47 Å². The summed E-state index contributed by atoms with van der Waals surface area (Å²) in [5.41, 5.74) is 2.16. The number of carbonyl (C=O) groups excluding carboxylic acids is 2. The average molecular weight is 560 g/mol. The number of rotatable bonds is 13. The monoisotopic (exact) mass is 559 g/mol. The van der Waals surface area contributed by atoms with Crippen molar-refractivity contribution in [1.29, 1.82) is 0 Å². The number of benzene rings is 2. The van der Waals surface area contributed by atoms with Gasteiger partial charge in [0.2, 0.25) is 0 Å². The molecule has 0 saturated carbocycles. The van der Waals surface area contributed by atoms with Crippen LogP contribution in [-0.4, -0.2) is 83.4 Å². The number of aromatic nitrogens is 4. The highest BCUT2D eigenvalue weighted by molar-refractivity contribution is 5.87. The average Bonchev–Trinajstić information content (AvgIpc) is 3.73. The van der Waals surface area contributed by atoms with Crippen LogP contribution in [-0.2, 0) is 22.3 Å². The molecular weight excluding hydrogens is 522 g/mol. The fourth-order valence-electron chi connectivity index (χ4n) is 5.03. The van der Waals surface area contributed by atoms with Gasteiger partial charge in [-0.25, -0.2) is 9.59 Å². The van der Waals surface area contributed by atoms with Gasteiger partial charge in [-0.3, -0.25) is 24.9 Å². The molecule has 0 spiro atoms. The first-order chi connectivity index (χ1) is 20.0. The third kappa shape index (κ3) is 7.73. The molecule has 0 aliphatic heterocycles. The Morgan fingerprint density at radius 3 is 1.44 bits per heavy atom. The molecule has 2 atom stereocenters. The Bertz CT molecular complexity index is 1220. The lowest BCUT2D eigenvalue weighted by Crippen LogP contribution is -2.53. The number of methoxy groups -OCH3 is 2. The summed E-state index contributed by atoms with van der Waals surface area (Å²) >= 11 is 0. The highest BCUT2D eigenvalue weighted by Gasteiger charge is 2.33. The summed E-state index contributed by atoms with van der Waals surface area (Å²) in [6.07, 6.45) is 3.40. The molecule has 2 aromatic heterocycles. The summed E-state index contributed by atoms with van der Waals surface area (Å²) in [7, 11) is 2.74. The molecule has 2 heterocycles. The van der Waals surface area contributed by atoms with E-state index in [0.717, 1.165) is 11.1 Å². The summed E-state index contributed by atoms with van der Waals surface area (Å²) in [5.74, 6) is 1.09. The molecule has 0 fully saturated rings. The summed E-state index contributed by atoms with van der Waals surface area (Å²) in [6, 6.07) is 22.9. The number of H-pyrrole nitrogens is 2. The van der Waals surface area contributed by atoms with Crippen LogP contribution in [0.15, 0.2) is 85.2 Å². The van der Waals surface area contributed by atoms with E-state index in [1.54, 1.807) is 34.3 Å². The van der Waals surface area contributed by atoms with E-state index in [0.29, 0.717) is 44.1 Å². The molecule has 2 N–H and O–H groups in total. The summed E-state index contributed by atoms with van der Waals surface area (Å²) in [5, 5.41) is 14.0. The number of nitrogens with one attached hydrogen (secondary N) is 2. The molecule has 11 nitrogen and oxygen atoms in total. The van der Waals surface area contributed by atoms with Crippen molar-refractivity contribution in [3.63, 3.8) is 0 Å². The van der Waals surface area contributed by atoms with Gasteiger partial charge in [0.05, 0.1) is 38.7 Å². The molecule has 4 rings (SSSR count). The lowest BCUT2D eigenvalue weighted by Gasteiger charge is -2.37. The molecule has 0 saturated heterocycles. The van der Waals surface area contributed by atoms with Crippen molar-refractivity contribution in [1.82, 2.24) is 25.3 Å². The highest BCUT2D eigenvalue weighted by Crippen LogP contribution is 2.22. The molecule has 0 aliphatic carbocycles. The van der Waals surface area contributed by atoms with Crippen LogP contribution in [0.3, 0.4) is 0 Å². The lowest BCUT2D eigenvalue weighted by molar-refractivity contribution is 0.166. The van der Waals surface area contributed by atoms with Crippen LogP contribution in [0.4, 0.5) is 21.2 Å². The van der Waals surface area contributed by atoms with Gasteiger partial charge < -0.3 is 9.47 Å². The number of hydrogen-bond donors (Lipinski definition) is 2. The van der Waals surface area contributed by atoms with Gasteiger partial charge in [0.25, 0.3) is 0 Å². The predicted octanol–water partition coefficient (Wildman–Crippen LogP) is 4.52. The maximum absolute atomic E-state index is 13.1. The van der Waals surface area contributed by atoms with Gasteiger partial charge in [-0.05, 0) is 30.5 Å². The van der Waals surface area contributed by atoms with Gasteiger partial charge in [0, 0.05) is 25.2 Å². The predicted molar refractivity (Wildman–Crippen MR) is 157 cm³/mol. The van der Waals surface area contributed by atoms with Gasteiger partial charge in [-0.15, -0.1) is 0 Å². The number of nitrogens with zero attached hydrogens (tertiary/aromatic N) is 5. The van der Waals surface area contributed by atoms with Gasteiger partial charge in [0.1, 0.15) is 11.6 Å². The van der Waals surface area contributed by atoms with Crippen molar-refractivity contribution in [3.8, 4) is 0 Å². The summed E-state index contributed by atoms with van der Waals surface area (Å²) < 4.78 is 10.4. The van der Waals surface area contributed by atoms with Gasteiger partial charge in [-0.1, -0.05) is 67.6 Å². The third-order valence-electron chi connectivity index (χ3n) is 6.98. The van der Waals surface area contributed by atoms with E-state index in [1.807, 2.05) is 60.7 Å². The first-order valence-corrected chi connectivity index (χ1v) is 13.6. The molecule has 2 amide bonds. The minimum Gasteiger partial charge on any atom is -0.452 e. The van der Waals surface area contributed by atoms with Crippen LogP contribution in [0.5, 0.6) is 0 Å². The van der Waals surface area contributed by atoms with Crippen molar-refractivity contribution >= 4 is 23.8 Å². The van der Waals surface area contributed by atoms with Crippen LogP contribution in [0, 0.1) is 0 Å². The number of aromatic amines is 2. The largest absolute Gasteiger partial charge is 0.452 e. The first-order valence-electron chi connectivity index (χ1n) is 13.6. The Morgan fingerprint density at radius 2 is 1.12 bits per heavy atom. The Morgan fingerprint density at radius 1 is 0.707 bits per heavy atom. The van der Waals surface area contributed by atoms with E-state index >= 15 is 0 Å². The van der Waals surface area contributed by atoms with Crippen LogP contribution in [0.2, 0.25) is 0 Å². The topological polar surface area (TPSA) is 120 Å². The normalized spacial score (nSPS) is 12.5. The molecular formula is C30H37N7O4. The second-order valence-corrected chi connectivity index (χ2v) is 9.60. The van der Waals surface area contributed by atoms with Crippen molar-refractivity contribution in [2.45, 2.75) is 31.8 Å². The first kappa shape index (κ1) is 29.3. The maximum Gasteiger partial charge on any atom is 0.415 e. The van der Waals surface area contributed by atoms with Crippen molar-refractivity contribution in [3.05, 3.63) is 96.3 Å². The van der Waals surface area contributed by atoms with E-state index in [1.165, 1.54) is 14.2 Å². The van der Waals surface area contributed by atoms with E-state index < -0.39 is 12.2 Å². The quantitative estimate of drug-likeness (QED) is 0.247. The Kier molecular flexibility index (Phi) is 10.5. The van der Waals surface area contributed by atoms with Crippen LogP contribution in [0.25, 0.3) is 0 Å². The summed E-state index contributed by atoms with van der Waals surface area (Å²) in [6.45, 7) is 3.74. The second-order valence-electron chi connectivity index (χ2n) is 9.60. The van der Waals surface area contributed by atoms with Crippen LogP contribution >= 0.6 is 0 Å². The Balaban J connectivity index is 1.67. The van der Waals surface area contributed by atoms with E-state index in [-0.39, 0.29) is 12.1 Å². The number of carbonyl (C=O) groups is 2. The van der Waals surface area contributed by atoms with Crippen LogP contribution < -0.4 is 9.80 Å². The fourth-order valence-corrected chi connectivity index (χ4v) is 5.03. The molecule has 216 valence electrons. The minimum atomic E-state index is -0.485. The van der Waals surface area contributed by atoms with Gasteiger partial charge in [0.15, 0.2) is 0 Å². The third-order valence-corrected chi connectivity index (χ3v) is 6.98. The molecule has 4 aromatic rings. The van der Waals surface area contributed by atoms with Gasteiger partial charge >= 0.3 is 12.2 Å². The smallest absolute Gasteiger partial charge is 0.415 e. The summed E-state index contributed by atoms with van der Waals surface area (Å²) in [4.78, 5) is 31.7.